The van der Waals surface area contributed by atoms with Gasteiger partial charge in [-0.3, -0.25) is 0 Å². The lowest BCUT2D eigenvalue weighted by atomic mass is 10.1. The Kier molecular flexibility index (Phi) is 33.9. The van der Waals surface area contributed by atoms with Gasteiger partial charge in [-0.05, 0) is 32.1 Å². The summed E-state index contributed by atoms with van der Waals surface area (Å²) in [7, 11) is 0. The molecule has 174 valence electrons. The molecule has 0 N–H and O–H groups in total. The number of hydrogen-bond donors (Lipinski definition) is 0. The van der Waals surface area contributed by atoms with Gasteiger partial charge in [-0.25, -0.2) is 0 Å². The number of carbonyl (C=O) groups is 1. The molecule has 1 nitrogen and oxygen atoms in total. The van der Waals surface area contributed by atoms with Crippen LogP contribution in [0, 0.1) is 0 Å². The summed E-state index contributed by atoms with van der Waals surface area (Å²) in [5.74, 6) is 0. The molecule has 0 atom stereocenters. The molecule has 0 aliphatic rings. The summed E-state index contributed by atoms with van der Waals surface area (Å²) in [5, 5.41) is 0. The van der Waals surface area contributed by atoms with E-state index in [0.29, 0.717) is 0 Å². The first-order valence-electron chi connectivity index (χ1n) is 13.4. The fourth-order valence-electron chi connectivity index (χ4n) is 3.51. The van der Waals surface area contributed by atoms with E-state index in [4.69, 9.17) is 0 Å². The Hall–Kier alpha value is -0.590. The van der Waals surface area contributed by atoms with Crippen LogP contribution < -0.4 is 0 Å². The third kappa shape index (κ3) is 35.2. The highest BCUT2D eigenvalue weighted by atomic mass is 16.1. The largest absolute Gasteiger partial charge is 0.303 e. The van der Waals surface area contributed by atoms with Gasteiger partial charge in [0.15, 0.2) is 0 Å². The summed E-state index contributed by atoms with van der Waals surface area (Å²) in [6.07, 6.45) is 35.2. The number of unbranched alkanes of at least 4 members (excludes halogenated alkanes) is 19. The minimum Gasteiger partial charge on any atom is -0.303 e. The topological polar surface area (TPSA) is 17.1 Å². The first-order chi connectivity index (χ1) is 14.3. The predicted molar refractivity (Wildman–Crippen MR) is 134 cm³/mol. The molecule has 0 unspecified atom stereocenters. The van der Waals surface area contributed by atoms with Gasteiger partial charge in [-0.1, -0.05) is 136 Å². The van der Waals surface area contributed by atoms with Crippen LogP contribution >= 0.6 is 0 Å². The van der Waals surface area contributed by atoms with E-state index >= 15 is 0 Å². The maximum Gasteiger partial charge on any atom is 0.119 e. The van der Waals surface area contributed by atoms with Gasteiger partial charge in [-0.15, -0.1) is 0 Å². The van der Waals surface area contributed by atoms with E-state index < -0.39 is 0 Å². The molecule has 0 amide bonds. The summed E-state index contributed by atoms with van der Waals surface area (Å²) in [6.45, 7) is 6.80. The summed E-state index contributed by atoms with van der Waals surface area (Å²) in [6, 6.07) is 0. The second-order valence-electron chi connectivity index (χ2n) is 8.66. The van der Waals surface area contributed by atoms with Crippen LogP contribution in [0.15, 0.2) is 12.2 Å². The first-order valence-corrected chi connectivity index (χ1v) is 13.4. The minimum atomic E-state index is 0.760. The van der Waals surface area contributed by atoms with Crippen molar-refractivity contribution < 1.29 is 4.79 Å². The van der Waals surface area contributed by atoms with Crippen molar-refractivity contribution in [2.75, 3.05) is 0 Å². The minimum absolute atomic E-state index is 0.760. The Bertz CT molecular complexity index is 295. The van der Waals surface area contributed by atoms with Crippen LogP contribution in [-0.4, -0.2) is 6.29 Å². The van der Waals surface area contributed by atoms with Crippen LogP contribution in [0.2, 0.25) is 0 Å². The number of allylic oxidation sites excluding steroid dienone is 2. The van der Waals surface area contributed by atoms with E-state index in [1.165, 1.54) is 128 Å². The van der Waals surface area contributed by atoms with Crippen LogP contribution in [0.3, 0.4) is 0 Å². The van der Waals surface area contributed by atoms with Crippen molar-refractivity contribution in [1.82, 2.24) is 0 Å². The maximum atomic E-state index is 10.0. The smallest absolute Gasteiger partial charge is 0.119 e. The van der Waals surface area contributed by atoms with E-state index in [1.54, 1.807) is 0 Å². The maximum absolute atomic E-state index is 10.0. The van der Waals surface area contributed by atoms with Gasteiger partial charge in [0, 0.05) is 6.42 Å². The van der Waals surface area contributed by atoms with Crippen LogP contribution in [0.1, 0.15) is 162 Å². The van der Waals surface area contributed by atoms with E-state index in [0.717, 1.165) is 19.1 Å². The number of aldehydes is 1. The zero-order valence-electron chi connectivity index (χ0n) is 20.7. The summed E-state index contributed by atoms with van der Waals surface area (Å²) >= 11 is 0. The Morgan fingerprint density at radius 1 is 0.379 bits per heavy atom. The molecule has 0 spiro atoms. The number of rotatable bonds is 22. The lowest BCUT2D eigenvalue weighted by Crippen LogP contribution is -1.81. The van der Waals surface area contributed by atoms with E-state index in [1.807, 2.05) is 0 Å². The second-order valence-corrected chi connectivity index (χ2v) is 8.66. The second kappa shape index (κ2) is 32.1. The summed E-state index contributed by atoms with van der Waals surface area (Å²) in [4.78, 5) is 10.0. The Labute approximate surface area is 185 Å². The third-order valence-electron chi connectivity index (χ3n) is 5.54. The molecule has 29 heavy (non-hydrogen) atoms. The lowest BCUT2D eigenvalue weighted by Gasteiger charge is -1.99. The van der Waals surface area contributed by atoms with E-state index in [9.17, 15) is 4.79 Å². The number of hydrogen-bond acceptors (Lipinski definition) is 1. The molecule has 0 fully saturated rings. The molecule has 0 aromatic carbocycles. The van der Waals surface area contributed by atoms with Gasteiger partial charge in [-0.2, -0.15) is 0 Å². The highest BCUT2D eigenvalue weighted by Crippen LogP contribution is 2.10. The van der Waals surface area contributed by atoms with Crippen molar-refractivity contribution in [1.29, 1.82) is 0 Å². The van der Waals surface area contributed by atoms with Crippen molar-refractivity contribution in [3.63, 3.8) is 0 Å². The highest BCUT2D eigenvalue weighted by Gasteiger charge is 1.91. The van der Waals surface area contributed by atoms with Gasteiger partial charge >= 0.3 is 0 Å². The Morgan fingerprint density at radius 3 is 1.00 bits per heavy atom. The standard InChI is InChI=1S/C16H32.C12H24O/c1-3-5-7-9-11-13-15-16-14-12-10-8-6-4-2;1-2-3-4-5-6-7-8-9-10-11-12-13/h13,15H,3-12,14,16H2,1-2H3;12H,2-11H2,1H3/b15-13+;. The Morgan fingerprint density at radius 2 is 0.655 bits per heavy atom. The van der Waals surface area contributed by atoms with Crippen molar-refractivity contribution in [3.05, 3.63) is 12.2 Å². The number of carbonyl (C=O) groups excluding carboxylic acids is 1. The molecule has 0 aliphatic carbocycles. The summed E-state index contributed by atoms with van der Waals surface area (Å²) in [5.41, 5.74) is 0. The highest BCUT2D eigenvalue weighted by molar-refractivity contribution is 5.48. The first kappa shape index (κ1) is 30.6. The molecule has 0 aromatic heterocycles. The molecule has 0 saturated heterocycles. The molecule has 0 rings (SSSR count). The molecule has 1 heteroatoms. The quantitative estimate of drug-likeness (QED) is 0.0988. The average molecular weight is 409 g/mol. The molecule has 0 aliphatic heterocycles. The SMILES string of the molecule is CCCCCC/C=C/CCCCCCCC.CCCCCCCCCCCC=O. The van der Waals surface area contributed by atoms with Gasteiger partial charge < -0.3 is 4.79 Å². The third-order valence-corrected chi connectivity index (χ3v) is 5.54. The lowest BCUT2D eigenvalue weighted by molar-refractivity contribution is -0.107. The molecule has 0 saturated carbocycles. The van der Waals surface area contributed by atoms with Gasteiger partial charge in [0.2, 0.25) is 0 Å². The predicted octanol–water partition coefficient (Wildman–Crippen LogP) is 10.4. The van der Waals surface area contributed by atoms with Crippen molar-refractivity contribution in [2.24, 2.45) is 0 Å². The van der Waals surface area contributed by atoms with Gasteiger partial charge in [0.1, 0.15) is 6.29 Å². The zero-order valence-corrected chi connectivity index (χ0v) is 20.7. The monoisotopic (exact) mass is 408 g/mol. The van der Waals surface area contributed by atoms with Crippen LogP contribution in [0.4, 0.5) is 0 Å². The van der Waals surface area contributed by atoms with Crippen molar-refractivity contribution in [3.8, 4) is 0 Å². The molecular formula is C28H56O. The Balaban J connectivity index is 0. The van der Waals surface area contributed by atoms with Crippen LogP contribution in [-0.2, 0) is 4.79 Å². The fraction of sp³-hybridized carbons (Fsp3) is 0.893. The molecular weight excluding hydrogens is 352 g/mol. The van der Waals surface area contributed by atoms with E-state index in [2.05, 4.69) is 32.9 Å². The molecule has 0 bridgehead atoms. The van der Waals surface area contributed by atoms with Crippen molar-refractivity contribution in [2.45, 2.75) is 162 Å². The normalized spacial score (nSPS) is 10.9. The molecule has 0 radical (unpaired) electrons. The van der Waals surface area contributed by atoms with Gasteiger partial charge in [0.25, 0.3) is 0 Å². The molecule has 0 heterocycles. The van der Waals surface area contributed by atoms with Crippen LogP contribution in [0.5, 0.6) is 0 Å². The zero-order chi connectivity index (χ0) is 21.7. The van der Waals surface area contributed by atoms with Gasteiger partial charge in [0.05, 0.1) is 0 Å². The van der Waals surface area contributed by atoms with E-state index in [-0.39, 0.29) is 0 Å². The molecule has 0 aromatic rings. The van der Waals surface area contributed by atoms with Crippen LogP contribution in [0.25, 0.3) is 0 Å². The fourth-order valence-corrected chi connectivity index (χ4v) is 3.51. The average Bonchev–Trinajstić information content (AvgIpc) is 2.74. The van der Waals surface area contributed by atoms with Crippen molar-refractivity contribution >= 4 is 6.29 Å². The summed E-state index contributed by atoms with van der Waals surface area (Å²) < 4.78 is 0.